The van der Waals surface area contributed by atoms with E-state index in [1.807, 2.05) is 59.4 Å². The fourth-order valence-electron chi connectivity index (χ4n) is 4.81. The largest absolute Gasteiger partial charge is 0.367 e. The van der Waals surface area contributed by atoms with Crippen LogP contribution in [-0.2, 0) is 24.2 Å². The molecule has 0 aliphatic carbocycles. The van der Waals surface area contributed by atoms with Crippen LogP contribution in [0.4, 0.5) is 11.4 Å². The van der Waals surface area contributed by atoms with E-state index in [0.717, 1.165) is 73.8 Å². The van der Waals surface area contributed by atoms with Crippen LogP contribution in [0.25, 0.3) is 11.0 Å². The van der Waals surface area contributed by atoms with Crippen molar-refractivity contribution in [3.63, 3.8) is 0 Å². The molecule has 1 saturated heterocycles. The predicted octanol–water partition coefficient (Wildman–Crippen LogP) is 4.00. The van der Waals surface area contributed by atoms with Crippen molar-refractivity contribution in [1.29, 1.82) is 0 Å². The molecule has 1 aliphatic rings. The van der Waals surface area contributed by atoms with E-state index in [2.05, 4.69) is 45.2 Å². The van der Waals surface area contributed by atoms with Gasteiger partial charge in [0.25, 0.3) is 0 Å². The van der Waals surface area contributed by atoms with Gasteiger partial charge in [0.1, 0.15) is 12.4 Å². The highest BCUT2D eigenvalue weighted by Gasteiger charge is 2.20. The van der Waals surface area contributed by atoms with Crippen molar-refractivity contribution < 1.29 is 4.79 Å². The maximum Gasteiger partial charge on any atom is 0.244 e. The molecule has 1 amide bonds. The summed E-state index contributed by atoms with van der Waals surface area (Å²) >= 11 is 0. The molecule has 0 atom stereocenters. The van der Waals surface area contributed by atoms with Crippen molar-refractivity contribution in [3.05, 3.63) is 84.4 Å². The summed E-state index contributed by atoms with van der Waals surface area (Å²) in [6.45, 7) is 7.27. The van der Waals surface area contributed by atoms with Crippen LogP contribution >= 0.6 is 0 Å². The molecule has 4 aromatic rings. The molecule has 7 heteroatoms. The number of hydrogen-bond acceptors (Lipinski definition) is 5. The molecule has 180 valence electrons. The molecule has 7 nitrogen and oxygen atoms in total. The number of nitrogens with one attached hydrogen (secondary N) is 1. The number of para-hydroxylation sites is 4. The van der Waals surface area contributed by atoms with Crippen LogP contribution in [-0.4, -0.2) is 58.1 Å². The van der Waals surface area contributed by atoms with Gasteiger partial charge in [0.05, 0.1) is 22.4 Å². The Morgan fingerprint density at radius 1 is 0.943 bits per heavy atom. The van der Waals surface area contributed by atoms with Crippen molar-refractivity contribution in [2.75, 3.05) is 42.9 Å². The highest BCUT2D eigenvalue weighted by atomic mass is 16.2. The third kappa shape index (κ3) is 5.35. The van der Waals surface area contributed by atoms with Crippen LogP contribution in [0.15, 0.2) is 73.1 Å². The molecule has 5 rings (SSSR count). The number of rotatable bonds is 8. The number of pyridine rings is 1. The van der Waals surface area contributed by atoms with Crippen molar-refractivity contribution >= 4 is 28.3 Å². The molecular weight excluding hydrogens is 436 g/mol. The van der Waals surface area contributed by atoms with Crippen LogP contribution < -0.4 is 10.2 Å². The molecular formula is C28H32N6O. The van der Waals surface area contributed by atoms with Gasteiger partial charge >= 0.3 is 0 Å². The minimum atomic E-state index is -0.0358. The van der Waals surface area contributed by atoms with Gasteiger partial charge in [-0.1, -0.05) is 31.2 Å². The summed E-state index contributed by atoms with van der Waals surface area (Å²) < 4.78 is 2.02. The van der Waals surface area contributed by atoms with E-state index >= 15 is 0 Å². The molecule has 0 radical (unpaired) electrons. The van der Waals surface area contributed by atoms with Gasteiger partial charge in [-0.2, -0.15) is 0 Å². The fraction of sp³-hybridized carbons (Fsp3) is 0.321. The Labute approximate surface area is 206 Å². The Morgan fingerprint density at radius 2 is 1.69 bits per heavy atom. The van der Waals surface area contributed by atoms with Crippen LogP contribution in [0.3, 0.4) is 0 Å². The second kappa shape index (κ2) is 10.7. The van der Waals surface area contributed by atoms with E-state index in [1.165, 1.54) is 5.56 Å². The van der Waals surface area contributed by atoms with Crippen LogP contribution in [0.2, 0.25) is 0 Å². The van der Waals surface area contributed by atoms with E-state index in [0.29, 0.717) is 0 Å². The summed E-state index contributed by atoms with van der Waals surface area (Å²) in [7, 11) is 0. The molecule has 1 N–H and O–H groups in total. The number of aromatic nitrogens is 3. The Bertz CT molecular complexity index is 1280. The molecule has 2 aromatic carbocycles. The van der Waals surface area contributed by atoms with E-state index in [1.54, 1.807) is 0 Å². The molecule has 2 aromatic heterocycles. The number of carbonyl (C=O) groups is 1. The lowest BCUT2D eigenvalue weighted by Crippen LogP contribution is -2.47. The summed E-state index contributed by atoms with van der Waals surface area (Å²) in [5, 5.41) is 3.17. The maximum atomic E-state index is 13.1. The topological polar surface area (TPSA) is 66.3 Å². The predicted molar refractivity (Wildman–Crippen MR) is 141 cm³/mol. The summed E-state index contributed by atoms with van der Waals surface area (Å²) in [4.78, 5) is 26.8. The Kier molecular flexibility index (Phi) is 7.04. The number of piperazine rings is 1. The monoisotopic (exact) mass is 468 g/mol. The van der Waals surface area contributed by atoms with Crippen molar-refractivity contribution in [2.45, 2.75) is 26.3 Å². The van der Waals surface area contributed by atoms with E-state index in [-0.39, 0.29) is 12.5 Å². The lowest BCUT2D eigenvalue weighted by molar-refractivity contribution is -0.116. The number of amides is 1. The minimum absolute atomic E-state index is 0.0358. The van der Waals surface area contributed by atoms with Gasteiger partial charge in [-0.05, 0) is 48.4 Å². The van der Waals surface area contributed by atoms with Gasteiger partial charge in [-0.25, -0.2) is 4.98 Å². The first kappa shape index (κ1) is 23.1. The zero-order chi connectivity index (χ0) is 24.0. The average Bonchev–Trinajstić information content (AvgIpc) is 3.26. The first-order valence-corrected chi connectivity index (χ1v) is 12.4. The van der Waals surface area contributed by atoms with Crippen molar-refractivity contribution in [3.8, 4) is 0 Å². The third-order valence-electron chi connectivity index (χ3n) is 6.71. The number of benzene rings is 2. The number of nitrogens with zero attached hydrogens (tertiary/aromatic N) is 5. The average molecular weight is 469 g/mol. The lowest BCUT2D eigenvalue weighted by Gasteiger charge is -2.37. The van der Waals surface area contributed by atoms with Crippen LogP contribution in [0.1, 0.15) is 18.3 Å². The highest BCUT2D eigenvalue weighted by Crippen LogP contribution is 2.27. The molecule has 1 aliphatic heterocycles. The number of imidazole rings is 1. The fourth-order valence-corrected chi connectivity index (χ4v) is 4.81. The molecule has 0 unspecified atom stereocenters. The smallest absolute Gasteiger partial charge is 0.244 e. The highest BCUT2D eigenvalue weighted by molar-refractivity contribution is 5.95. The molecule has 0 bridgehead atoms. The van der Waals surface area contributed by atoms with Gasteiger partial charge < -0.3 is 14.8 Å². The van der Waals surface area contributed by atoms with Gasteiger partial charge in [0.2, 0.25) is 5.91 Å². The first-order valence-electron chi connectivity index (χ1n) is 12.4. The van der Waals surface area contributed by atoms with Gasteiger partial charge in [0.15, 0.2) is 0 Å². The lowest BCUT2D eigenvalue weighted by atomic mass is 10.1. The van der Waals surface area contributed by atoms with Crippen LogP contribution in [0, 0.1) is 0 Å². The Morgan fingerprint density at radius 3 is 2.49 bits per heavy atom. The molecule has 0 spiro atoms. The molecule has 0 saturated carbocycles. The van der Waals surface area contributed by atoms with Crippen molar-refractivity contribution in [1.82, 2.24) is 19.4 Å². The van der Waals surface area contributed by atoms with Gasteiger partial charge in [-0.3, -0.25) is 14.7 Å². The zero-order valence-electron chi connectivity index (χ0n) is 20.2. The van der Waals surface area contributed by atoms with Crippen LogP contribution in [0.5, 0.6) is 0 Å². The van der Waals surface area contributed by atoms with Gasteiger partial charge in [-0.15, -0.1) is 0 Å². The second-order valence-electron chi connectivity index (χ2n) is 8.96. The number of anilines is 2. The van der Waals surface area contributed by atoms with Gasteiger partial charge in [0, 0.05) is 51.5 Å². The number of hydrogen-bond donors (Lipinski definition) is 1. The molecule has 3 heterocycles. The summed E-state index contributed by atoms with van der Waals surface area (Å²) in [5.41, 5.74) is 5.20. The third-order valence-corrected chi connectivity index (χ3v) is 6.71. The van der Waals surface area contributed by atoms with E-state index < -0.39 is 0 Å². The molecule has 1 fully saturated rings. The van der Waals surface area contributed by atoms with E-state index in [4.69, 9.17) is 4.98 Å². The first-order chi connectivity index (χ1) is 17.2. The Hall–Kier alpha value is -3.71. The maximum absolute atomic E-state index is 13.1. The number of aryl methyl sites for hydroxylation is 1. The standard InChI is InChI=1S/C28H32N6O/c1-2-27-30-24-8-4-6-10-26(24)34(27)21-28(35)31-23-7-3-5-9-25(23)33-19-17-32(18-20-33)16-13-22-11-14-29-15-12-22/h3-12,14-15H,2,13,16-21H2,1H3,(H,31,35). The summed E-state index contributed by atoms with van der Waals surface area (Å²) in [6.07, 6.45) is 5.54. The second-order valence-corrected chi connectivity index (χ2v) is 8.96. The summed E-state index contributed by atoms with van der Waals surface area (Å²) in [6, 6.07) is 20.3. The summed E-state index contributed by atoms with van der Waals surface area (Å²) in [5.74, 6) is 0.892. The van der Waals surface area contributed by atoms with Crippen molar-refractivity contribution in [2.24, 2.45) is 0 Å². The minimum Gasteiger partial charge on any atom is -0.367 e. The zero-order valence-corrected chi connectivity index (χ0v) is 20.2. The quantitative estimate of drug-likeness (QED) is 0.424. The normalized spacial score (nSPS) is 14.4. The SMILES string of the molecule is CCc1nc2ccccc2n1CC(=O)Nc1ccccc1N1CCN(CCc2ccncc2)CC1. The number of carbonyl (C=O) groups excluding carboxylic acids is 1. The number of fused-ring (bicyclic) bond motifs is 1. The van der Waals surface area contributed by atoms with E-state index in [9.17, 15) is 4.79 Å². The Balaban J connectivity index is 1.22. The molecule has 35 heavy (non-hydrogen) atoms.